The molecule has 0 amide bonds. The number of para-hydroxylation sites is 1. The van der Waals surface area contributed by atoms with Crippen LogP contribution in [0.15, 0.2) is 42.6 Å². The molecule has 1 heterocycles. The number of benzene rings is 1. The summed E-state index contributed by atoms with van der Waals surface area (Å²) < 4.78 is 13.8. The summed E-state index contributed by atoms with van der Waals surface area (Å²) in [7, 11) is 0. The lowest BCUT2D eigenvalue weighted by molar-refractivity contribution is 0.625. The van der Waals surface area contributed by atoms with Crippen molar-refractivity contribution in [3.8, 4) is 0 Å². The molecule has 2 N–H and O–H groups in total. The molecule has 0 radical (unpaired) electrons. The molecule has 2 rings (SSSR count). The van der Waals surface area contributed by atoms with Gasteiger partial charge in [-0.15, -0.1) is 0 Å². The van der Waals surface area contributed by atoms with Gasteiger partial charge in [-0.2, -0.15) is 0 Å². The van der Waals surface area contributed by atoms with E-state index in [1.807, 2.05) is 17.9 Å². The van der Waals surface area contributed by atoms with E-state index in [1.54, 1.807) is 30.5 Å². The maximum absolute atomic E-state index is 13.8. The van der Waals surface area contributed by atoms with Gasteiger partial charge in [-0.05, 0) is 31.2 Å². The quantitative estimate of drug-likeness (QED) is 0.871. The first-order valence-electron chi connectivity index (χ1n) is 5.91. The number of aromatic nitrogens is 1. The molecule has 19 heavy (non-hydrogen) atoms. The van der Waals surface area contributed by atoms with Gasteiger partial charge < -0.3 is 10.6 Å². The van der Waals surface area contributed by atoms with Crippen LogP contribution < -0.4 is 10.6 Å². The van der Waals surface area contributed by atoms with Gasteiger partial charge in [-0.3, -0.25) is 4.98 Å². The third-order valence-corrected chi connectivity index (χ3v) is 2.98. The number of pyridine rings is 1. The van der Waals surface area contributed by atoms with Crippen LogP contribution in [0.5, 0.6) is 0 Å². The summed E-state index contributed by atoms with van der Waals surface area (Å²) in [4.78, 5) is 6.26. The molecule has 0 saturated carbocycles. The monoisotopic (exact) mass is 275 g/mol. The molecule has 1 aromatic carbocycles. The third-order valence-electron chi connectivity index (χ3n) is 2.77. The maximum atomic E-state index is 13.8. The number of rotatable bonds is 4. The van der Waals surface area contributed by atoms with Gasteiger partial charge in [0, 0.05) is 6.54 Å². The van der Waals surface area contributed by atoms with Crippen molar-refractivity contribution in [2.24, 2.45) is 5.73 Å². The highest BCUT2D eigenvalue weighted by Gasteiger charge is 2.12. The predicted molar refractivity (Wildman–Crippen MR) is 79.2 cm³/mol. The molecule has 0 atom stereocenters. The van der Waals surface area contributed by atoms with Crippen molar-refractivity contribution in [1.29, 1.82) is 0 Å². The number of hydrogen-bond donors (Lipinski definition) is 1. The highest BCUT2D eigenvalue weighted by Crippen LogP contribution is 2.26. The Bertz CT molecular complexity index is 583. The molecule has 0 aliphatic rings. The first kappa shape index (κ1) is 13.4. The Labute approximate surface area is 116 Å². The van der Waals surface area contributed by atoms with Gasteiger partial charge in [-0.25, -0.2) is 4.39 Å². The van der Waals surface area contributed by atoms with Crippen LogP contribution in [0.4, 0.5) is 15.8 Å². The van der Waals surface area contributed by atoms with Crippen LogP contribution in [0, 0.1) is 5.82 Å². The summed E-state index contributed by atoms with van der Waals surface area (Å²) in [5, 5.41) is 0. The van der Waals surface area contributed by atoms with E-state index in [9.17, 15) is 4.39 Å². The van der Waals surface area contributed by atoms with Gasteiger partial charge in [0.2, 0.25) is 0 Å². The molecule has 0 fully saturated rings. The van der Waals surface area contributed by atoms with Gasteiger partial charge in [0.1, 0.15) is 10.8 Å². The second kappa shape index (κ2) is 5.75. The summed E-state index contributed by atoms with van der Waals surface area (Å²) in [6.07, 6.45) is 1.64. The largest absolute Gasteiger partial charge is 0.388 e. The van der Waals surface area contributed by atoms with Crippen LogP contribution >= 0.6 is 12.2 Å². The molecule has 5 heteroatoms. The van der Waals surface area contributed by atoms with Gasteiger partial charge in [0.25, 0.3) is 0 Å². The Kier molecular flexibility index (Phi) is 4.06. The Morgan fingerprint density at radius 2 is 2.05 bits per heavy atom. The van der Waals surface area contributed by atoms with Crippen LogP contribution in [0.3, 0.4) is 0 Å². The highest BCUT2D eigenvalue weighted by atomic mass is 32.1. The average molecular weight is 275 g/mol. The van der Waals surface area contributed by atoms with Crippen LogP contribution in [-0.4, -0.2) is 16.5 Å². The van der Waals surface area contributed by atoms with E-state index < -0.39 is 0 Å². The van der Waals surface area contributed by atoms with Crippen molar-refractivity contribution in [2.75, 3.05) is 11.4 Å². The molecule has 1 aromatic heterocycles. The van der Waals surface area contributed by atoms with Crippen molar-refractivity contribution in [3.05, 3.63) is 54.1 Å². The topological polar surface area (TPSA) is 42.1 Å². The normalized spacial score (nSPS) is 10.2. The lowest BCUT2D eigenvalue weighted by Gasteiger charge is -2.23. The SMILES string of the molecule is CCN(c1ccc(C(N)=S)nc1)c1ccccc1F. The second-order valence-electron chi connectivity index (χ2n) is 3.96. The van der Waals surface area contributed by atoms with Crippen molar-refractivity contribution < 1.29 is 4.39 Å². The summed E-state index contributed by atoms with van der Waals surface area (Å²) in [6.45, 7) is 2.59. The van der Waals surface area contributed by atoms with E-state index in [-0.39, 0.29) is 10.8 Å². The summed E-state index contributed by atoms with van der Waals surface area (Å²) >= 11 is 4.86. The fraction of sp³-hybridized carbons (Fsp3) is 0.143. The van der Waals surface area contributed by atoms with E-state index in [4.69, 9.17) is 18.0 Å². The molecule has 0 bridgehead atoms. The van der Waals surface area contributed by atoms with E-state index in [0.29, 0.717) is 17.9 Å². The highest BCUT2D eigenvalue weighted by molar-refractivity contribution is 7.80. The number of anilines is 2. The number of hydrogen-bond acceptors (Lipinski definition) is 3. The van der Waals surface area contributed by atoms with Gasteiger partial charge in [0.15, 0.2) is 0 Å². The molecule has 0 aliphatic carbocycles. The van der Waals surface area contributed by atoms with Crippen molar-refractivity contribution >= 4 is 28.6 Å². The first-order chi connectivity index (χ1) is 9.13. The lowest BCUT2D eigenvalue weighted by Crippen LogP contribution is -2.18. The fourth-order valence-electron chi connectivity index (χ4n) is 1.85. The maximum Gasteiger partial charge on any atom is 0.146 e. The molecule has 0 saturated heterocycles. The van der Waals surface area contributed by atoms with Crippen LogP contribution in [0.2, 0.25) is 0 Å². The van der Waals surface area contributed by atoms with Gasteiger partial charge in [-0.1, -0.05) is 24.4 Å². The predicted octanol–water partition coefficient (Wildman–Crippen LogP) is 3.01. The number of thiocarbonyl (C=S) groups is 1. The molecular weight excluding hydrogens is 261 g/mol. The Hall–Kier alpha value is -2.01. The molecule has 3 nitrogen and oxygen atoms in total. The number of nitrogens with two attached hydrogens (primary N) is 1. The van der Waals surface area contributed by atoms with Crippen molar-refractivity contribution in [2.45, 2.75) is 6.92 Å². The third kappa shape index (κ3) is 2.88. The second-order valence-corrected chi connectivity index (χ2v) is 4.40. The minimum atomic E-state index is -0.261. The molecule has 0 aliphatic heterocycles. The Balaban J connectivity index is 2.37. The molecule has 0 spiro atoms. The zero-order valence-corrected chi connectivity index (χ0v) is 11.3. The Morgan fingerprint density at radius 1 is 1.32 bits per heavy atom. The van der Waals surface area contributed by atoms with Crippen molar-refractivity contribution in [1.82, 2.24) is 4.98 Å². The minimum absolute atomic E-state index is 0.250. The van der Waals surface area contributed by atoms with Crippen LogP contribution in [0.1, 0.15) is 12.6 Å². The Morgan fingerprint density at radius 3 is 2.58 bits per heavy atom. The molecule has 2 aromatic rings. The van der Waals surface area contributed by atoms with Gasteiger partial charge in [0.05, 0.1) is 23.3 Å². The standard InChI is InChI=1S/C14H14FN3S/c1-2-18(13-6-4-3-5-11(13)15)10-7-8-12(14(16)19)17-9-10/h3-9H,2H2,1H3,(H2,16,19). The average Bonchev–Trinajstić information content (AvgIpc) is 2.42. The number of halogens is 1. The zero-order valence-electron chi connectivity index (χ0n) is 10.5. The van der Waals surface area contributed by atoms with E-state index >= 15 is 0 Å². The summed E-state index contributed by atoms with van der Waals surface area (Å²) in [6, 6.07) is 10.2. The molecular formula is C14H14FN3S. The van der Waals surface area contributed by atoms with Crippen molar-refractivity contribution in [3.63, 3.8) is 0 Å². The number of nitrogens with zero attached hydrogens (tertiary/aromatic N) is 2. The summed E-state index contributed by atoms with van der Waals surface area (Å²) in [5.74, 6) is -0.261. The van der Waals surface area contributed by atoms with E-state index in [0.717, 1.165) is 5.69 Å². The minimum Gasteiger partial charge on any atom is -0.388 e. The van der Waals surface area contributed by atoms with Crippen LogP contribution in [-0.2, 0) is 0 Å². The van der Waals surface area contributed by atoms with E-state index in [1.165, 1.54) is 6.07 Å². The van der Waals surface area contributed by atoms with Gasteiger partial charge >= 0.3 is 0 Å². The molecule has 0 unspecified atom stereocenters. The zero-order chi connectivity index (χ0) is 13.8. The molecule has 98 valence electrons. The summed E-state index contributed by atoms with van der Waals surface area (Å²) in [5.41, 5.74) is 7.38. The fourth-order valence-corrected chi connectivity index (χ4v) is 1.97. The lowest BCUT2D eigenvalue weighted by atomic mass is 10.2. The first-order valence-corrected chi connectivity index (χ1v) is 6.32. The smallest absolute Gasteiger partial charge is 0.146 e. The van der Waals surface area contributed by atoms with E-state index in [2.05, 4.69) is 4.98 Å². The van der Waals surface area contributed by atoms with Crippen LogP contribution in [0.25, 0.3) is 0 Å².